The normalized spacial score (nSPS) is 15.8. The molecule has 0 radical (unpaired) electrons. The fourth-order valence-electron chi connectivity index (χ4n) is 2.60. The Bertz CT molecular complexity index is 617. The molecule has 1 N–H and O–H groups in total. The zero-order chi connectivity index (χ0) is 14.5. The van der Waals surface area contributed by atoms with Crippen LogP contribution in [0.5, 0.6) is 0 Å². The fraction of sp³-hybridized carbons (Fsp3) is 0.375. The number of nitriles is 1. The summed E-state index contributed by atoms with van der Waals surface area (Å²) in [5.74, 6) is 0. The molecule has 1 aliphatic heterocycles. The van der Waals surface area contributed by atoms with Gasteiger partial charge in [0.2, 0.25) is 0 Å². The molecule has 0 spiro atoms. The Hall–Kier alpha value is -2.16. The van der Waals surface area contributed by atoms with Gasteiger partial charge in [0.25, 0.3) is 0 Å². The molecule has 5 heteroatoms. The second-order valence-corrected chi connectivity index (χ2v) is 5.35. The summed E-state index contributed by atoms with van der Waals surface area (Å²) >= 11 is 0. The molecule has 21 heavy (non-hydrogen) atoms. The van der Waals surface area contributed by atoms with Gasteiger partial charge in [-0.25, -0.2) is 4.98 Å². The summed E-state index contributed by atoms with van der Waals surface area (Å²) in [4.78, 5) is 6.73. The van der Waals surface area contributed by atoms with Crippen molar-refractivity contribution in [2.45, 2.75) is 13.1 Å². The standard InChI is InChI=1S/C16H19N5/c17-9-14-1-3-15(4-2-14)11-21-13-19-10-16(21)12-20-7-5-18-6-8-20/h1-4,10,13,18H,5-8,11-12H2. The number of nitrogens with zero attached hydrogens (tertiary/aromatic N) is 4. The highest BCUT2D eigenvalue weighted by Crippen LogP contribution is 2.10. The van der Waals surface area contributed by atoms with Crippen LogP contribution in [-0.4, -0.2) is 40.6 Å². The largest absolute Gasteiger partial charge is 0.329 e. The summed E-state index contributed by atoms with van der Waals surface area (Å²) in [6, 6.07) is 9.89. The number of aromatic nitrogens is 2. The van der Waals surface area contributed by atoms with Crippen LogP contribution in [0.3, 0.4) is 0 Å². The Morgan fingerprint density at radius 3 is 2.62 bits per heavy atom. The monoisotopic (exact) mass is 281 g/mol. The lowest BCUT2D eigenvalue weighted by molar-refractivity contribution is 0.228. The second-order valence-electron chi connectivity index (χ2n) is 5.35. The van der Waals surface area contributed by atoms with Gasteiger partial charge in [-0.3, -0.25) is 4.90 Å². The van der Waals surface area contributed by atoms with Crippen molar-refractivity contribution in [1.29, 1.82) is 5.26 Å². The fourth-order valence-corrected chi connectivity index (χ4v) is 2.60. The molecule has 0 amide bonds. The highest BCUT2D eigenvalue weighted by Gasteiger charge is 2.12. The third-order valence-electron chi connectivity index (χ3n) is 3.83. The first-order chi connectivity index (χ1) is 10.3. The minimum absolute atomic E-state index is 0.699. The van der Waals surface area contributed by atoms with Crippen molar-refractivity contribution in [2.75, 3.05) is 26.2 Å². The molecular formula is C16H19N5. The van der Waals surface area contributed by atoms with Gasteiger partial charge in [-0.05, 0) is 17.7 Å². The van der Waals surface area contributed by atoms with E-state index < -0.39 is 0 Å². The maximum absolute atomic E-state index is 8.84. The SMILES string of the molecule is N#Cc1ccc(Cn2cncc2CN2CCNCC2)cc1. The molecule has 0 atom stereocenters. The average molecular weight is 281 g/mol. The van der Waals surface area contributed by atoms with Crippen LogP contribution in [0.15, 0.2) is 36.8 Å². The Morgan fingerprint density at radius 2 is 1.90 bits per heavy atom. The van der Waals surface area contributed by atoms with Gasteiger partial charge in [0.05, 0.1) is 23.7 Å². The van der Waals surface area contributed by atoms with Gasteiger partial charge in [-0.2, -0.15) is 5.26 Å². The zero-order valence-corrected chi connectivity index (χ0v) is 12.0. The van der Waals surface area contributed by atoms with Crippen LogP contribution in [0.25, 0.3) is 0 Å². The highest BCUT2D eigenvalue weighted by atomic mass is 15.2. The van der Waals surface area contributed by atoms with E-state index in [-0.39, 0.29) is 0 Å². The first-order valence-electron chi connectivity index (χ1n) is 7.26. The summed E-state index contributed by atoms with van der Waals surface area (Å²) in [6.45, 7) is 6.03. The van der Waals surface area contributed by atoms with E-state index in [1.54, 1.807) is 0 Å². The van der Waals surface area contributed by atoms with E-state index in [0.717, 1.165) is 39.3 Å². The van der Waals surface area contributed by atoms with Gasteiger partial charge in [0.1, 0.15) is 0 Å². The number of hydrogen-bond donors (Lipinski definition) is 1. The molecular weight excluding hydrogens is 262 g/mol. The summed E-state index contributed by atoms with van der Waals surface area (Å²) < 4.78 is 2.18. The van der Waals surface area contributed by atoms with Crippen LogP contribution in [0.2, 0.25) is 0 Å². The summed E-state index contributed by atoms with van der Waals surface area (Å²) in [5, 5.41) is 12.2. The van der Waals surface area contributed by atoms with Crippen LogP contribution in [0, 0.1) is 11.3 Å². The Labute approximate surface area is 124 Å². The molecule has 1 aliphatic rings. The molecule has 0 aliphatic carbocycles. The van der Waals surface area contributed by atoms with Crippen LogP contribution in [-0.2, 0) is 13.1 Å². The number of hydrogen-bond acceptors (Lipinski definition) is 4. The molecule has 0 unspecified atom stereocenters. The predicted octanol–water partition coefficient (Wildman–Crippen LogP) is 1.21. The quantitative estimate of drug-likeness (QED) is 0.915. The number of piperazine rings is 1. The molecule has 0 bridgehead atoms. The van der Waals surface area contributed by atoms with Gasteiger partial charge >= 0.3 is 0 Å². The lowest BCUT2D eigenvalue weighted by Crippen LogP contribution is -2.43. The molecule has 2 aromatic rings. The van der Waals surface area contributed by atoms with Crippen molar-refractivity contribution < 1.29 is 0 Å². The van der Waals surface area contributed by atoms with E-state index in [1.807, 2.05) is 36.8 Å². The minimum Gasteiger partial charge on any atom is -0.329 e. The van der Waals surface area contributed by atoms with Gasteiger partial charge in [0, 0.05) is 45.5 Å². The number of imidazole rings is 1. The van der Waals surface area contributed by atoms with Gasteiger partial charge in [-0.15, -0.1) is 0 Å². The van der Waals surface area contributed by atoms with Gasteiger partial charge in [-0.1, -0.05) is 12.1 Å². The van der Waals surface area contributed by atoms with Crippen molar-refractivity contribution in [3.63, 3.8) is 0 Å². The van der Waals surface area contributed by atoms with E-state index in [1.165, 1.54) is 11.3 Å². The lowest BCUT2D eigenvalue weighted by Gasteiger charge is -2.27. The lowest BCUT2D eigenvalue weighted by atomic mass is 10.1. The summed E-state index contributed by atoms with van der Waals surface area (Å²) in [5.41, 5.74) is 3.13. The Morgan fingerprint density at radius 1 is 1.14 bits per heavy atom. The first-order valence-corrected chi connectivity index (χ1v) is 7.26. The maximum atomic E-state index is 8.84. The van der Waals surface area contributed by atoms with E-state index in [2.05, 4.69) is 25.8 Å². The van der Waals surface area contributed by atoms with Crippen LogP contribution in [0.4, 0.5) is 0 Å². The van der Waals surface area contributed by atoms with Crippen LogP contribution >= 0.6 is 0 Å². The smallest absolute Gasteiger partial charge is 0.0991 e. The third-order valence-corrected chi connectivity index (χ3v) is 3.83. The van der Waals surface area contributed by atoms with E-state index in [9.17, 15) is 0 Å². The zero-order valence-electron chi connectivity index (χ0n) is 12.0. The second kappa shape index (κ2) is 6.53. The van der Waals surface area contributed by atoms with Crippen LogP contribution in [0.1, 0.15) is 16.8 Å². The van der Waals surface area contributed by atoms with Crippen molar-refractivity contribution >= 4 is 0 Å². The Kier molecular flexibility index (Phi) is 4.29. The average Bonchev–Trinajstić information content (AvgIpc) is 2.96. The van der Waals surface area contributed by atoms with Gasteiger partial charge < -0.3 is 9.88 Å². The van der Waals surface area contributed by atoms with E-state index in [4.69, 9.17) is 5.26 Å². The highest BCUT2D eigenvalue weighted by molar-refractivity contribution is 5.31. The van der Waals surface area contributed by atoms with Crippen molar-refractivity contribution in [1.82, 2.24) is 19.8 Å². The number of rotatable bonds is 4. The van der Waals surface area contributed by atoms with Crippen LogP contribution < -0.4 is 5.32 Å². The summed E-state index contributed by atoms with van der Waals surface area (Å²) in [7, 11) is 0. The molecule has 1 fully saturated rings. The molecule has 1 saturated heterocycles. The first kappa shape index (κ1) is 13.8. The Balaban J connectivity index is 1.68. The molecule has 108 valence electrons. The van der Waals surface area contributed by atoms with E-state index in [0.29, 0.717) is 5.56 Å². The topological polar surface area (TPSA) is 56.9 Å². The predicted molar refractivity (Wildman–Crippen MR) is 80.6 cm³/mol. The molecule has 5 nitrogen and oxygen atoms in total. The third kappa shape index (κ3) is 3.48. The van der Waals surface area contributed by atoms with Gasteiger partial charge in [0.15, 0.2) is 0 Å². The molecule has 1 aromatic carbocycles. The number of benzene rings is 1. The maximum Gasteiger partial charge on any atom is 0.0991 e. The minimum atomic E-state index is 0.699. The van der Waals surface area contributed by atoms with Crippen molar-refractivity contribution in [3.8, 4) is 6.07 Å². The summed E-state index contributed by atoms with van der Waals surface area (Å²) in [6.07, 6.45) is 3.83. The van der Waals surface area contributed by atoms with E-state index >= 15 is 0 Å². The molecule has 3 rings (SSSR count). The number of nitrogens with one attached hydrogen (secondary N) is 1. The molecule has 2 heterocycles. The van der Waals surface area contributed by atoms with Crippen molar-refractivity contribution in [2.24, 2.45) is 0 Å². The molecule has 1 aromatic heterocycles. The van der Waals surface area contributed by atoms with Crippen molar-refractivity contribution in [3.05, 3.63) is 53.6 Å². The molecule has 0 saturated carbocycles.